The maximum atomic E-state index is 12.9. The zero-order chi connectivity index (χ0) is 24.1. The van der Waals surface area contributed by atoms with Gasteiger partial charge >= 0.3 is 5.97 Å². The molecule has 0 fully saturated rings. The Bertz CT molecular complexity index is 1190. The number of thioether (sulfide) groups is 1. The number of carbonyl (C=O) groups excluding carboxylic acids is 3. The normalized spacial score (nSPS) is 17.7. The van der Waals surface area contributed by atoms with Crippen molar-refractivity contribution in [2.75, 3.05) is 18.2 Å². The second-order valence-electron chi connectivity index (χ2n) is 7.53. The van der Waals surface area contributed by atoms with Gasteiger partial charge in [-0.2, -0.15) is 5.26 Å². The number of nitriles is 1. The number of carbonyl (C=O) groups is 3. The van der Waals surface area contributed by atoms with Gasteiger partial charge < -0.3 is 15.4 Å². The first-order chi connectivity index (χ1) is 15.7. The first kappa shape index (κ1) is 24.6. The van der Waals surface area contributed by atoms with Crippen LogP contribution < -0.4 is 10.6 Å². The molecule has 7 nitrogen and oxygen atoms in total. The van der Waals surface area contributed by atoms with Crippen LogP contribution in [0.25, 0.3) is 0 Å². The molecule has 0 aromatic heterocycles. The highest BCUT2D eigenvalue weighted by Gasteiger charge is 2.44. The number of ether oxygens (including phenoxy) is 1. The van der Waals surface area contributed by atoms with E-state index < -0.39 is 23.7 Å². The van der Waals surface area contributed by atoms with Gasteiger partial charge in [0.25, 0.3) is 0 Å². The van der Waals surface area contributed by atoms with Gasteiger partial charge in [0.2, 0.25) is 11.8 Å². The van der Waals surface area contributed by atoms with E-state index in [4.69, 9.17) is 4.74 Å². The smallest absolute Gasteiger partial charge is 0.319 e. The third-order valence-electron chi connectivity index (χ3n) is 5.21. The molecule has 0 spiro atoms. The topological polar surface area (TPSA) is 108 Å². The number of benzene rings is 2. The maximum absolute atomic E-state index is 12.9. The lowest BCUT2D eigenvalue weighted by Crippen LogP contribution is -2.44. The molecule has 2 amide bonds. The predicted molar refractivity (Wildman–Crippen MR) is 130 cm³/mol. The Morgan fingerprint density at radius 2 is 2.00 bits per heavy atom. The summed E-state index contributed by atoms with van der Waals surface area (Å²) in [4.78, 5) is 37.9. The van der Waals surface area contributed by atoms with Crippen LogP contribution in [0.5, 0.6) is 0 Å². The van der Waals surface area contributed by atoms with Crippen molar-refractivity contribution in [2.45, 2.75) is 19.8 Å². The van der Waals surface area contributed by atoms with Crippen LogP contribution >= 0.6 is 27.7 Å². The van der Waals surface area contributed by atoms with Crippen molar-refractivity contribution in [2.24, 2.45) is 5.92 Å². The lowest BCUT2D eigenvalue weighted by molar-refractivity contribution is -0.150. The number of aryl methyl sites for hydroxylation is 2. The molecule has 0 unspecified atom stereocenters. The summed E-state index contributed by atoms with van der Waals surface area (Å²) in [5.74, 6) is -3.67. The van der Waals surface area contributed by atoms with Crippen molar-refractivity contribution in [1.29, 1.82) is 5.26 Å². The monoisotopic (exact) mass is 527 g/mol. The third-order valence-corrected chi connectivity index (χ3v) is 6.72. The summed E-state index contributed by atoms with van der Waals surface area (Å²) in [6.07, 6.45) is 0. The average Bonchev–Trinajstić information content (AvgIpc) is 2.79. The highest BCUT2D eigenvalue weighted by atomic mass is 79.9. The van der Waals surface area contributed by atoms with Crippen molar-refractivity contribution in [3.05, 3.63) is 74.2 Å². The number of hydrogen-bond acceptors (Lipinski definition) is 6. The first-order valence-electron chi connectivity index (χ1n) is 10.0. The number of allylic oxidation sites excluding steroid dienone is 1. The van der Waals surface area contributed by atoms with E-state index in [2.05, 4.69) is 32.6 Å². The zero-order valence-electron chi connectivity index (χ0n) is 18.3. The highest BCUT2D eigenvalue weighted by Crippen LogP contribution is 2.40. The average molecular weight is 528 g/mol. The van der Waals surface area contributed by atoms with E-state index in [-0.39, 0.29) is 22.3 Å². The number of nitrogens with zero attached hydrogens (tertiary/aromatic N) is 1. The van der Waals surface area contributed by atoms with Gasteiger partial charge in [-0.3, -0.25) is 14.4 Å². The summed E-state index contributed by atoms with van der Waals surface area (Å²) < 4.78 is 5.59. The molecule has 33 heavy (non-hydrogen) atoms. The van der Waals surface area contributed by atoms with Crippen molar-refractivity contribution >= 4 is 51.2 Å². The first-order valence-corrected chi connectivity index (χ1v) is 11.8. The number of amides is 2. The minimum Gasteiger partial charge on any atom is -0.468 e. The Morgan fingerprint density at radius 3 is 2.67 bits per heavy atom. The molecule has 0 radical (unpaired) electrons. The predicted octanol–water partition coefficient (Wildman–Crippen LogP) is 4.18. The number of methoxy groups -OCH3 is 1. The fourth-order valence-corrected chi connectivity index (χ4v) is 4.84. The van der Waals surface area contributed by atoms with E-state index in [0.29, 0.717) is 11.3 Å². The Kier molecular flexibility index (Phi) is 7.95. The molecule has 1 aliphatic heterocycles. The molecule has 2 aromatic rings. The Balaban J connectivity index is 1.90. The zero-order valence-corrected chi connectivity index (χ0v) is 20.7. The van der Waals surface area contributed by atoms with Gasteiger partial charge in [-0.1, -0.05) is 52.0 Å². The lowest BCUT2D eigenvalue weighted by Gasteiger charge is -2.31. The summed E-state index contributed by atoms with van der Waals surface area (Å²) in [5.41, 5.74) is 3.47. The molecular weight excluding hydrogens is 506 g/mol. The summed E-state index contributed by atoms with van der Waals surface area (Å²) in [5, 5.41) is 15.7. The van der Waals surface area contributed by atoms with E-state index >= 15 is 0 Å². The molecular formula is C24H22BrN3O4S. The van der Waals surface area contributed by atoms with E-state index in [0.717, 1.165) is 27.4 Å². The van der Waals surface area contributed by atoms with Crippen LogP contribution in [0.3, 0.4) is 0 Å². The lowest BCUT2D eigenvalue weighted by atomic mass is 9.78. The number of esters is 1. The molecule has 1 aliphatic rings. The number of hydrogen-bond donors (Lipinski definition) is 2. The van der Waals surface area contributed by atoms with E-state index in [1.807, 2.05) is 38.1 Å². The summed E-state index contributed by atoms with van der Waals surface area (Å²) in [7, 11) is 1.20. The number of nitrogens with one attached hydrogen (secondary N) is 2. The van der Waals surface area contributed by atoms with Crippen LogP contribution in [0.4, 0.5) is 5.69 Å². The van der Waals surface area contributed by atoms with Gasteiger partial charge in [0.15, 0.2) is 0 Å². The van der Waals surface area contributed by atoms with E-state index in [1.165, 1.54) is 7.11 Å². The Morgan fingerprint density at radius 1 is 1.24 bits per heavy atom. The molecule has 0 saturated carbocycles. The van der Waals surface area contributed by atoms with Crippen molar-refractivity contribution < 1.29 is 19.1 Å². The van der Waals surface area contributed by atoms with Gasteiger partial charge in [0.1, 0.15) is 5.92 Å². The highest BCUT2D eigenvalue weighted by molar-refractivity contribution is 9.10. The second-order valence-corrected chi connectivity index (χ2v) is 9.43. The third kappa shape index (κ3) is 5.64. The Labute approximate surface area is 204 Å². The standard InChI is InChI=1S/C24H22BrN3O4S/c1-13-7-8-14(2)18(9-13)27-19(29)12-33-23-17(11-26)20(15-5-4-6-16(25)10-15)21(22(30)28-23)24(31)32-3/h4-10,20-21H,12H2,1-3H3,(H,27,29)(H,28,30)/t20-,21-/m1/s1. The molecule has 1 heterocycles. The molecule has 0 bridgehead atoms. The largest absolute Gasteiger partial charge is 0.468 e. The van der Waals surface area contributed by atoms with Gasteiger partial charge in [0.05, 0.1) is 29.5 Å². The van der Waals surface area contributed by atoms with Crippen molar-refractivity contribution in [3.63, 3.8) is 0 Å². The fourth-order valence-electron chi connectivity index (χ4n) is 3.57. The van der Waals surface area contributed by atoms with Crippen molar-refractivity contribution in [3.8, 4) is 6.07 Å². The molecule has 9 heteroatoms. The molecule has 2 aromatic carbocycles. The summed E-state index contributed by atoms with van der Waals surface area (Å²) in [6, 6.07) is 15.0. The van der Waals surface area contributed by atoms with Crippen molar-refractivity contribution in [1.82, 2.24) is 5.32 Å². The van der Waals surface area contributed by atoms with Crippen LogP contribution in [0.1, 0.15) is 22.6 Å². The Hall–Kier alpha value is -3.09. The number of rotatable bonds is 6. The maximum Gasteiger partial charge on any atom is 0.319 e. The second kappa shape index (κ2) is 10.7. The molecule has 2 atom stereocenters. The van der Waals surface area contributed by atoms with Crippen LogP contribution in [-0.4, -0.2) is 30.6 Å². The van der Waals surface area contributed by atoms with E-state index in [1.54, 1.807) is 18.2 Å². The van der Waals surface area contributed by atoms with Crippen LogP contribution in [0, 0.1) is 31.1 Å². The quantitative estimate of drug-likeness (QED) is 0.431. The SMILES string of the molecule is COC(=O)[C@H]1C(=O)NC(SCC(=O)Nc2cc(C)ccc2C)=C(C#N)[C@H]1c1cccc(Br)c1. The van der Waals surface area contributed by atoms with Crippen LogP contribution in [0.15, 0.2) is 57.5 Å². The molecule has 0 saturated heterocycles. The summed E-state index contributed by atoms with van der Waals surface area (Å²) in [6.45, 7) is 3.83. The number of anilines is 1. The van der Waals surface area contributed by atoms with Gasteiger partial charge in [-0.15, -0.1) is 0 Å². The number of halogens is 1. The van der Waals surface area contributed by atoms with Gasteiger partial charge in [-0.05, 0) is 48.7 Å². The molecule has 170 valence electrons. The minimum absolute atomic E-state index is 0.0255. The van der Waals surface area contributed by atoms with Gasteiger partial charge in [-0.25, -0.2) is 0 Å². The van der Waals surface area contributed by atoms with E-state index in [9.17, 15) is 19.6 Å². The van der Waals surface area contributed by atoms with Gasteiger partial charge in [0, 0.05) is 16.1 Å². The molecule has 2 N–H and O–H groups in total. The fraction of sp³-hybridized carbons (Fsp3) is 0.250. The van der Waals surface area contributed by atoms with Crippen LogP contribution in [-0.2, 0) is 19.1 Å². The minimum atomic E-state index is -1.22. The molecule has 0 aliphatic carbocycles. The summed E-state index contributed by atoms with van der Waals surface area (Å²) >= 11 is 4.44. The van der Waals surface area contributed by atoms with Crippen LogP contribution in [0.2, 0.25) is 0 Å². The molecule has 3 rings (SSSR count).